The molecule has 15 heavy (non-hydrogen) atoms. The van der Waals surface area contributed by atoms with E-state index in [4.69, 9.17) is 4.52 Å². The molecular formula is C12H18N2O. The zero-order chi connectivity index (χ0) is 10.9. The van der Waals surface area contributed by atoms with Crippen molar-refractivity contribution in [3.63, 3.8) is 0 Å². The molecule has 3 heteroatoms. The highest BCUT2D eigenvalue weighted by atomic mass is 16.5. The second-order valence-electron chi connectivity index (χ2n) is 5.13. The Morgan fingerprint density at radius 1 is 1.40 bits per heavy atom. The smallest absolute Gasteiger partial charge is 0.250 e. The van der Waals surface area contributed by atoms with E-state index in [0.29, 0.717) is 17.2 Å². The molecule has 0 aliphatic heterocycles. The van der Waals surface area contributed by atoms with Crippen LogP contribution in [0.1, 0.15) is 57.2 Å². The van der Waals surface area contributed by atoms with E-state index in [1.807, 2.05) is 0 Å². The fourth-order valence-corrected chi connectivity index (χ4v) is 2.15. The normalized spacial score (nSPS) is 21.5. The summed E-state index contributed by atoms with van der Waals surface area (Å²) in [6.45, 7) is 8.27. The van der Waals surface area contributed by atoms with Gasteiger partial charge in [-0.1, -0.05) is 25.6 Å². The summed E-state index contributed by atoms with van der Waals surface area (Å²) < 4.78 is 5.04. The van der Waals surface area contributed by atoms with Crippen LogP contribution in [-0.4, -0.2) is 10.1 Å². The Morgan fingerprint density at radius 3 is 2.60 bits per heavy atom. The van der Waals surface area contributed by atoms with Crippen molar-refractivity contribution in [2.75, 3.05) is 0 Å². The van der Waals surface area contributed by atoms with Crippen LogP contribution in [0.4, 0.5) is 0 Å². The highest BCUT2D eigenvalue weighted by Crippen LogP contribution is 2.41. The van der Waals surface area contributed by atoms with Gasteiger partial charge in [0.2, 0.25) is 5.89 Å². The molecule has 82 valence electrons. The van der Waals surface area contributed by atoms with Gasteiger partial charge in [0.15, 0.2) is 5.82 Å². The quantitative estimate of drug-likeness (QED) is 0.744. The van der Waals surface area contributed by atoms with Gasteiger partial charge < -0.3 is 4.52 Å². The van der Waals surface area contributed by atoms with Crippen LogP contribution in [0.2, 0.25) is 0 Å². The van der Waals surface area contributed by atoms with E-state index < -0.39 is 0 Å². The Bertz CT molecular complexity index is 344. The summed E-state index contributed by atoms with van der Waals surface area (Å²) in [6.07, 6.45) is 6.43. The lowest BCUT2D eigenvalue weighted by atomic mass is 9.73. The molecule has 1 saturated carbocycles. The highest BCUT2D eigenvalue weighted by molar-refractivity contribution is 5.32. The molecule has 0 aromatic carbocycles. The molecule has 1 aromatic rings. The van der Waals surface area contributed by atoms with Gasteiger partial charge in [0, 0.05) is 5.92 Å². The summed E-state index contributed by atoms with van der Waals surface area (Å²) in [5, 5.41) is 4.00. The van der Waals surface area contributed by atoms with Gasteiger partial charge in [0.25, 0.3) is 0 Å². The Kier molecular flexibility index (Phi) is 2.63. The first-order valence-corrected chi connectivity index (χ1v) is 5.57. The Hall–Kier alpha value is -1.12. The molecule has 0 saturated heterocycles. The van der Waals surface area contributed by atoms with Crippen LogP contribution < -0.4 is 0 Å². The molecule has 0 radical (unpaired) electrons. The maximum atomic E-state index is 5.04. The van der Waals surface area contributed by atoms with Crippen molar-refractivity contribution in [2.45, 2.75) is 45.4 Å². The van der Waals surface area contributed by atoms with Gasteiger partial charge in [0.05, 0.1) is 0 Å². The molecule has 0 unspecified atom stereocenters. The molecule has 1 aliphatic rings. The lowest BCUT2D eigenvalue weighted by Gasteiger charge is -2.32. The van der Waals surface area contributed by atoms with E-state index in [9.17, 15) is 0 Å². The number of rotatable bonds is 2. The first kappa shape index (κ1) is 10.4. The van der Waals surface area contributed by atoms with Crippen LogP contribution in [0.5, 0.6) is 0 Å². The van der Waals surface area contributed by atoms with Crippen LogP contribution in [0.3, 0.4) is 0 Å². The minimum absolute atomic E-state index is 0.482. The lowest BCUT2D eigenvalue weighted by molar-refractivity contribution is 0.218. The average Bonchev–Trinajstić information content (AvgIpc) is 2.66. The van der Waals surface area contributed by atoms with Gasteiger partial charge >= 0.3 is 0 Å². The predicted octanol–water partition coefficient (Wildman–Crippen LogP) is 3.40. The number of aromatic nitrogens is 2. The molecule has 2 rings (SSSR count). The van der Waals surface area contributed by atoms with Crippen molar-refractivity contribution in [2.24, 2.45) is 5.41 Å². The molecule has 1 fully saturated rings. The zero-order valence-electron chi connectivity index (χ0n) is 9.49. The minimum Gasteiger partial charge on any atom is -0.335 e. The van der Waals surface area contributed by atoms with Crippen LogP contribution in [-0.2, 0) is 0 Å². The van der Waals surface area contributed by atoms with E-state index in [2.05, 4.69) is 30.6 Å². The topological polar surface area (TPSA) is 38.9 Å². The number of hydrogen-bond donors (Lipinski definition) is 0. The SMILES string of the molecule is C=Cc1nc(C2CCC(C)(C)CC2)no1. The molecule has 0 amide bonds. The molecule has 3 nitrogen and oxygen atoms in total. The monoisotopic (exact) mass is 206 g/mol. The van der Waals surface area contributed by atoms with E-state index in [1.54, 1.807) is 6.08 Å². The molecule has 0 spiro atoms. The van der Waals surface area contributed by atoms with Gasteiger partial charge in [-0.25, -0.2) is 0 Å². The summed E-state index contributed by atoms with van der Waals surface area (Å²) in [5.41, 5.74) is 0.488. The molecule has 1 aliphatic carbocycles. The first-order chi connectivity index (χ1) is 7.11. The van der Waals surface area contributed by atoms with Crippen LogP contribution in [0.25, 0.3) is 6.08 Å². The summed E-state index contributed by atoms with van der Waals surface area (Å²) in [6, 6.07) is 0. The van der Waals surface area contributed by atoms with E-state index in [-0.39, 0.29) is 0 Å². The van der Waals surface area contributed by atoms with Gasteiger partial charge in [-0.05, 0) is 37.2 Å². The lowest BCUT2D eigenvalue weighted by Crippen LogP contribution is -2.20. The van der Waals surface area contributed by atoms with E-state index in [0.717, 1.165) is 5.82 Å². The van der Waals surface area contributed by atoms with Crippen molar-refractivity contribution >= 4 is 6.08 Å². The van der Waals surface area contributed by atoms with Gasteiger partial charge in [-0.3, -0.25) is 0 Å². The number of hydrogen-bond acceptors (Lipinski definition) is 3. The molecular weight excluding hydrogens is 188 g/mol. The third kappa shape index (κ3) is 2.28. The van der Waals surface area contributed by atoms with Gasteiger partial charge in [-0.2, -0.15) is 4.98 Å². The predicted molar refractivity (Wildman–Crippen MR) is 59.4 cm³/mol. The van der Waals surface area contributed by atoms with Crippen LogP contribution in [0.15, 0.2) is 11.1 Å². The molecule has 0 N–H and O–H groups in total. The maximum absolute atomic E-state index is 5.04. The second kappa shape index (κ2) is 3.80. The van der Waals surface area contributed by atoms with Gasteiger partial charge in [0.1, 0.15) is 0 Å². The van der Waals surface area contributed by atoms with E-state index >= 15 is 0 Å². The van der Waals surface area contributed by atoms with Crippen LogP contribution >= 0.6 is 0 Å². The summed E-state index contributed by atoms with van der Waals surface area (Å²) in [4.78, 5) is 4.30. The van der Waals surface area contributed by atoms with Crippen molar-refractivity contribution in [1.29, 1.82) is 0 Å². The number of nitrogens with zero attached hydrogens (tertiary/aromatic N) is 2. The molecule has 1 aromatic heterocycles. The fraction of sp³-hybridized carbons (Fsp3) is 0.667. The maximum Gasteiger partial charge on any atom is 0.250 e. The summed E-state index contributed by atoms with van der Waals surface area (Å²) in [7, 11) is 0. The van der Waals surface area contributed by atoms with E-state index in [1.165, 1.54) is 25.7 Å². The van der Waals surface area contributed by atoms with Crippen molar-refractivity contribution in [3.8, 4) is 0 Å². The molecule has 0 bridgehead atoms. The highest BCUT2D eigenvalue weighted by Gasteiger charge is 2.29. The van der Waals surface area contributed by atoms with Gasteiger partial charge in [-0.15, -0.1) is 0 Å². The third-order valence-electron chi connectivity index (χ3n) is 3.34. The zero-order valence-corrected chi connectivity index (χ0v) is 9.49. The van der Waals surface area contributed by atoms with Crippen molar-refractivity contribution in [3.05, 3.63) is 18.3 Å². The standard InChI is InChI=1S/C12H18N2O/c1-4-10-13-11(14-15-10)9-5-7-12(2,3)8-6-9/h4,9H,1,5-8H2,2-3H3. The van der Waals surface area contributed by atoms with Crippen molar-refractivity contribution < 1.29 is 4.52 Å². The Labute approximate surface area is 90.6 Å². The first-order valence-electron chi connectivity index (χ1n) is 5.57. The largest absolute Gasteiger partial charge is 0.335 e. The fourth-order valence-electron chi connectivity index (χ4n) is 2.15. The third-order valence-corrected chi connectivity index (χ3v) is 3.34. The Morgan fingerprint density at radius 2 is 2.07 bits per heavy atom. The minimum atomic E-state index is 0.482. The molecule has 1 heterocycles. The van der Waals surface area contributed by atoms with Crippen LogP contribution in [0, 0.1) is 5.41 Å². The van der Waals surface area contributed by atoms with Crippen molar-refractivity contribution in [1.82, 2.24) is 10.1 Å². The summed E-state index contributed by atoms with van der Waals surface area (Å²) in [5.74, 6) is 1.88. The second-order valence-corrected chi connectivity index (χ2v) is 5.13. The molecule has 0 atom stereocenters. The average molecular weight is 206 g/mol. The summed E-state index contributed by atoms with van der Waals surface area (Å²) >= 11 is 0. The Balaban J connectivity index is 2.04.